The number of hydrogen-bond donors (Lipinski definition) is 1. The summed E-state index contributed by atoms with van der Waals surface area (Å²) in [5.41, 5.74) is 5.68. The fraction of sp³-hybridized carbons (Fsp3) is 0.367. The molecule has 3 aromatic heterocycles. The summed E-state index contributed by atoms with van der Waals surface area (Å²) in [4.78, 5) is 4.93. The third-order valence-electron chi connectivity index (χ3n) is 7.83. The number of aliphatic hydroxyl groups is 1. The first-order valence-corrected chi connectivity index (χ1v) is 13.1. The Morgan fingerprint density at radius 1 is 1.08 bits per heavy atom. The molecule has 0 spiro atoms. The lowest BCUT2D eigenvalue weighted by molar-refractivity contribution is 0.0548. The molecule has 0 aliphatic carbocycles. The minimum atomic E-state index is -1.03. The first-order chi connectivity index (χ1) is 18.2. The van der Waals surface area contributed by atoms with E-state index in [0.717, 1.165) is 57.3 Å². The van der Waals surface area contributed by atoms with Gasteiger partial charge in [0.05, 0.1) is 39.6 Å². The summed E-state index contributed by atoms with van der Waals surface area (Å²) in [6, 6.07) is 14.9. The molecular formula is C30H32FN5O2. The van der Waals surface area contributed by atoms with E-state index in [1.54, 1.807) is 24.6 Å². The van der Waals surface area contributed by atoms with Gasteiger partial charge in [-0.15, -0.1) is 5.10 Å². The maximum atomic E-state index is 15.5. The number of benzene rings is 2. The van der Waals surface area contributed by atoms with Gasteiger partial charge in [-0.3, -0.25) is 4.98 Å². The zero-order valence-electron chi connectivity index (χ0n) is 22.1. The van der Waals surface area contributed by atoms with Crippen molar-refractivity contribution < 1.29 is 14.2 Å². The molecule has 5 aromatic rings. The average Bonchev–Trinajstić information content (AvgIpc) is 3.41. The van der Waals surface area contributed by atoms with Crippen molar-refractivity contribution in [2.24, 2.45) is 13.0 Å². The number of pyridine rings is 1. The summed E-state index contributed by atoms with van der Waals surface area (Å²) in [5, 5.41) is 20.3. The van der Waals surface area contributed by atoms with Crippen molar-refractivity contribution in [2.45, 2.75) is 45.3 Å². The van der Waals surface area contributed by atoms with E-state index < -0.39 is 5.60 Å². The van der Waals surface area contributed by atoms with Crippen LogP contribution < -0.4 is 0 Å². The van der Waals surface area contributed by atoms with E-state index in [1.807, 2.05) is 50.5 Å². The van der Waals surface area contributed by atoms with E-state index in [9.17, 15) is 5.11 Å². The minimum absolute atomic E-state index is 0.161. The molecule has 7 nitrogen and oxygen atoms in total. The van der Waals surface area contributed by atoms with Gasteiger partial charge in [0, 0.05) is 43.0 Å². The summed E-state index contributed by atoms with van der Waals surface area (Å²) in [5.74, 6) is -0.0672. The Balaban J connectivity index is 1.71. The zero-order chi connectivity index (χ0) is 26.6. The Morgan fingerprint density at radius 3 is 2.53 bits per heavy atom. The van der Waals surface area contributed by atoms with Gasteiger partial charge in [0.15, 0.2) is 0 Å². The molecule has 4 heterocycles. The molecule has 1 saturated heterocycles. The minimum Gasteiger partial charge on any atom is -0.386 e. The lowest BCUT2D eigenvalue weighted by Gasteiger charge is -2.33. The van der Waals surface area contributed by atoms with Gasteiger partial charge in [-0.2, -0.15) is 0 Å². The Bertz CT molecular complexity index is 1620. The lowest BCUT2D eigenvalue weighted by atomic mass is 9.86. The topological polar surface area (TPSA) is 78.0 Å². The van der Waals surface area contributed by atoms with Crippen molar-refractivity contribution in [2.75, 3.05) is 13.2 Å². The molecule has 0 bridgehead atoms. The van der Waals surface area contributed by atoms with E-state index in [0.29, 0.717) is 18.8 Å². The van der Waals surface area contributed by atoms with Crippen LogP contribution in [0.1, 0.15) is 49.6 Å². The number of hydrogen-bond acceptors (Lipinski definition) is 5. The molecular weight excluding hydrogens is 481 g/mol. The van der Waals surface area contributed by atoms with Crippen molar-refractivity contribution in [3.05, 3.63) is 77.4 Å². The van der Waals surface area contributed by atoms with Gasteiger partial charge in [-0.25, -0.2) is 9.07 Å². The SMILES string of the molecule is Cc1nnn(C)c1-c1cnc2c3ccc(C(C)(C)O)cc3n([C@H](c3ccccc3F)C3CCOCC3)c2c1. The van der Waals surface area contributed by atoms with E-state index in [-0.39, 0.29) is 17.8 Å². The Labute approximate surface area is 220 Å². The highest BCUT2D eigenvalue weighted by Gasteiger charge is 2.32. The fourth-order valence-corrected chi connectivity index (χ4v) is 5.92. The average molecular weight is 514 g/mol. The number of fused-ring (bicyclic) bond motifs is 3. The van der Waals surface area contributed by atoms with Crippen LogP contribution in [-0.2, 0) is 17.4 Å². The smallest absolute Gasteiger partial charge is 0.128 e. The standard InChI is InChI=1S/C30H32FN5O2/c1-18-28(35(4)34-33-18)20-15-26-27(32-17-20)23-10-9-21(30(2,3)37)16-25(23)36(26)29(19-11-13-38-14-12-19)22-7-5-6-8-24(22)31/h5-10,15-17,19,29,37H,11-14H2,1-4H3/t29-/m0/s1. The second-order valence-corrected chi connectivity index (χ2v) is 10.8. The van der Waals surface area contributed by atoms with Gasteiger partial charge in [0.2, 0.25) is 0 Å². The van der Waals surface area contributed by atoms with Crippen LogP contribution in [0.4, 0.5) is 4.39 Å². The van der Waals surface area contributed by atoms with E-state index in [1.165, 1.54) is 6.07 Å². The third-order valence-corrected chi connectivity index (χ3v) is 7.83. The van der Waals surface area contributed by atoms with Crippen LogP contribution >= 0.6 is 0 Å². The predicted octanol–water partition coefficient (Wildman–Crippen LogP) is 5.68. The van der Waals surface area contributed by atoms with Crippen LogP contribution in [0, 0.1) is 18.7 Å². The second-order valence-electron chi connectivity index (χ2n) is 10.8. The van der Waals surface area contributed by atoms with Crippen LogP contribution in [0.2, 0.25) is 0 Å². The number of halogens is 1. The molecule has 1 N–H and O–H groups in total. The molecule has 1 aliphatic heterocycles. The van der Waals surface area contributed by atoms with Crippen LogP contribution in [-0.4, -0.2) is 42.9 Å². The summed E-state index contributed by atoms with van der Waals surface area (Å²) in [6.07, 6.45) is 3.50. The molecule has 1 aliphatic rings. The first kappa shape index (κ1) is 24.7. The van der Waals surface area contributed by atoms with Crippen molar-refractivity contribution >= 4 is 21.9 Å². The van der Waals surface area contributed by atoms with Gasteiger partial charge in [0.1, 0.15) is 5.82 Å². The Kier molecular flexibility index (Phi) is 6.04. The van der Waals surface area contributed by atoms with Crippen LogP contribution in [0.15, 0.2) is 54.7 Å². The molecule has 0 radical (unpaired) electrons. The number of ether oxygens (including phenoxy) is 1. The van der Waals surface area contributed by atoms with Gasteiger partial charge in [-0.05, 0) is 63.3 Å². The van der Waals surface area contributed by atoms with E-state index in [4.69, 9.17) is 9.72 Å². The molecule has 2 aromatic carbocycles. The number of aryl methyl sites for hydroxylation is 2. The van der Waals surface area contributed by atoms with Gasteiger partial charge < -0.3 is 14.4 Å². The normalized spacial score (nSPS) is 15.9. The van der Waals surface area contributed by atoms with Crippen LogP contribution in [0.5, 0.6) is 0 Å². The van der Waals surface area contributed by atoms with Crippen molar-refractivity contribution in [1.29, 1.82) is 0 Å². The van der Waals surface area contributed by atoms with Gasteiger partial charge in [-0.1, -0.05) is 35.5 Å². The molecule has 0 saturated carbocycles. The molecule has 1 fully saturated rings. The van der Waals surface area contributed by atoms with Crippen LogP contribution in [0.3, 0.4) is 0 Å². The van der Waals surface area contributed by atoms with Crippen molar-refractivity contribution in [3.63, 3.8) is 0 Å². The Hall–Kier alpha value is -3.62. The van der Waals surface area contributed by atoms with Crippen molar-refractivity contribution in [1.82, 2.24) is 24.5 Å². The van der Waals surface area contributed by atoms with Gasteiger partial charge in [0.25, 0.3) is 0 Å². The van der Waals surface area contributed by atoms with Crippen LogP contribution in [0.25, 0.3) is 33.2 Å². The maximum absolute atomic E-state index is 15.5. The lowest BCUT2D eigenvalue weighted by Crippen LogP contribution is -2.27. The Morgan fingerprint density at radius 2 is 1.84 bits per heavy atom. The van der Waals surface area contributed by atoms with Crippen molar-refractivity contribution in [3.8, 4) is 11.3 Å². The highest BCUT2D eigenvalue weighted by atomic mass is 19.1. The second kappa shape index (κ2) is 9.29. The van der Waals surface area contributed by atoms with E-state index in [2.05, 4.69) is 20.9 Å². The third kappa shape index (κ3) is 4.08. The first-order valence-electron chi connectivity index (χ1n) is 13.1. The number of nitrogens with zero attached hydrogens (tertiary/aromatic N) is 5. The molecule has 38 heavy (non-hydrogen) atoms. The largest absolute Gasteiger partial charge is 0.386 e. The zero-order valence-corrected chi connectivity index (χ0v) is 22.1. The maximum Gasteiger partial charge on any atom is 0.128 e. The quantitative estimate of drug-likeness (QED) is 0.327. The predicted molar refractivity (Wildman–Crippen MR) is 145 cm³/mol. The fourth-order valence-electron chi connectivity index (χ4n) is 5.92. The number of rotatable bonds is 5. The summed E-state index contributed by atoms with van der Waals surface area (Å²) >= 11 is 0. The number of aromatic nitrogens is 5. The molecule has 6 rings (SSSR count). The molecule has 8 heteroatoms. The van der Waals surface area contributed by atoms with Gasteiger partial charge >= 0.3 is 0 Å². The molecule has 1 atom stereocenters. The highest BCUT2D eigenvalue weighted by molar-refractivity contribution is 6.07. The van der Waals surface area contributed by atoms with E-state index >= 15 is 4.39 Å². The monoisotopic (exact) mass is 513 g/mol. The molecule has 0 unspecified atom stereocenters. The molecule has 196 valence electrons. The summed E-state index contributed by atoms with van der Waals surface area (Å²) in [7, 11) is 1.87. The molecule has 0 amide bonds. The summed E-state index contributed by atoms with van der Waals surface area (Å²) in [6.45, 7) is 6.78. The summed E-state index contributed by atoms with van der Waals surface area (Å²) < 4.78 is 25.2. The highest BCUT2D eigenvalue weighted by Crippen LogP contribution is 2.42.